The lowest BCUT2D eigenvalue weighted by Gasteiger charge is -2.38. The summed E-state index contributed by atoms with van der Waals surface area (Å²) in [6.07, 6.45) is 2.79. The Labute approximate surface area is 134 Å². The first-order valence-corrected chi connectivity index (χ1v) is 7.58. The number of H-pyrrole nitrogens is 1. The van der Waals surface area contributed by atoms with Crippen LogP contribution in [0.25, 0.3) is 0 Å². The van der Waals surface area contributed by atoms with Crippen LogP contribution in [0, 0.1) is 0 Å². The fraction of sp³-hybridized carbons (Fsp3) is 0.438. The van der Waals surface area contributed by atoms with Gasteiger partial charge in [-0.15, -0.1) is 0 Å². The van der Waals surface area contributed by atoms with Crippen molar-refractivity contribution < 1.29 is 14.6 Å². The smallest absolute Gasteiger partial charge is 0.253 e. The zero-order chi connectivity index (χ0) is 16.3. The van der Waals surface area contributed by atoms with Crippen molar-refractivity contribution in [1.82, 2.24) is 20.3 Å². The molecule has 2 heterocycles. The Kier molecular flexibility index (Phi) is 4.40. The fourth-order valence-corrected chi connectivity index (χ4v) is 2.94. The van der Waals surface area contributed by atoms with Crippen molar-refractivity contribution in [1.29, 1.82) is 0 Å². The lowest BCUT2D eigenvalue weighted by molar-refractivity contribution is -0.0320. The molecule has 0 spiro atoms. The van der Waals surface area contributed by atoms with Crippen LogP contribution in [0.3, 0.4) is 0 Å². The van der Waals surface area contributed by atoms with Gasteiger partial charge in [0.2, 0.25) is 0 Å². The molecule has 0 bridgehead atoms. The van der Waals surface area contributed by atoms with E-state index in [1.807, 2.05) is 12.1 Å². The number of methoxy groups -OCH3 is 1. The summed E-state index contributed by atoms with van der Waals surface area (Å²) in [7, 11) is 1.64. The topological polar surface area (TPSA) is 91.3 Å². The maximum absolute atomic E-state index is 12.7. The summed E-state index contributed by atoms with van der Waals surface area (Å²) in [6, 6.07) is 7.34. The number of piperidine rings is 1. The lowest BCUT2D eigenvalue weighted by Crippen LogP contribution is -2.48. The van der Waals surface area contributed by atoms with E-state index in [1.54, 1.807) is 24.1 Å². The molecule has 1 unspecified atom stereocenters. The molecule has 122 valence electrons. The molecule has 7 heteroatoms. The number of aliphatic hydroxyl groups is 1. The second-order valence-corrected chi connectivity index (χ2v) is 5.85. The van der Waals surface area contributed by atoms with Gasteiger partial charge in [0.15, 0.2) is 0 Å². The number of benzene rings is 1. The van der Waals surface area contributed by atoms with Gasteiger partial charge in [0.25, 0.3) is 5.91 Å². The van der Waals surface area contributed by atoms with E-state index in [-0.39, 0.29) is 12.5 Å². The number of rotatable bonds is 4. The molecule has 7 nitrogen and oxygen atoms in total. The number of β-amino-alcohol motifs (C(OH)–C–C–N with tert-alkyl or cyclic N) is 1. The van der Waals surface area contributed by atoms with Crippen LogP contribution >= 0.6 is 0 Å². The molecule has 1 aliphatic heterocycles. The SMILES string of the molecule is COCc1ccc(C(=O)N2CCCC(O)(c3cn[nH]n3)C2)cc1. The average Bonchev–Trinajstić information content (AvgIpc) is 3.11. The molecule has 1 fully saturated rings. The van der Waals surface area contributed by atoms with Crippen LogP contribution in [0.2, 0.25) is 0 Å². The predicted octanol–water partition coefficient (Wildman–Crippen LogP) is 1.07. The highest BCUT2D eigenvalue weighted by Crippen LogP contribution is 2.30. The van der Waals surface area contributed by atoms with Crippen molar-refractivity contribution in [2.24, 2.45) is 0 Å². The molecule has 1 aliphatic rings. The number of hydrogen-bond acceptors (Lipinski definition) is 5. The molecule has 1 atom stereocenters. The monoisotopic (exact) mass is 316 g/mol. The Morgan fingerprint density at radius 2 is 2.22 bits per heavy atom. The first-order chi connectivity index (χ1) is 11.1. The predicted molar refractivity (Wildman–Crippen MR) is 82.6 cm³/mol. The van der Waals surface area contributed by atoms with Crippen molar-refractivity contribution >= 4 is 5.91 Å². The third kappa shape index (κ3) is 3.25. The standard InChI is InChI=1S/C16H20N4O3/c1-23-10-12-3-5-13(6-4-12)15(21)20-8-2-7-16(22,11-20)14-9-17-19-18-14/h3-6,9,22H,2,7-8,10-11H2,1H3,(H,17,18,19). The van der Waals surface area contributed by atoms with Crippen molar-refractivity contribution in [2.45, 2.75) is 25.0 Å². The van der Waals surface area contributed by atoms with Gasteiger partial charge in [0.1, 0.15) is 11.3 Å². The third-order valence-corrected chi connectivity index (χ3v) is 4.16. The van der Waals surface area contributed by atoms with Crippen LogP contribution in [-0.4, -0.2) is 51.5 Å². The van der Waals surface area contributed by atoms with Crippen molar-refractivity contribution in [3.05, 3.63) is 47.3 Å². The summed E-state index contributed by atoms with van der Waals surface area (Å²) in [4.78, 5) is 14.3. The first kappa shape index (κ1) is 15.6. The molecule has 23 heavy (non-hydrogen) atoms. The minimum absolute atomic E-state index is 0.0874. The van der Waals surface area contributed by atoms with Gasteiger partial charge in [-0.3, -0.25) is 4.79 Å². The average molecular weight is 316 g/mol. The number of carbonyl (C=O) groups excluding carboxylic acids is 1. The summed E-state index contributed by atoms with van der Waals surface area (Å²) >= 11 is 0. The zero-order valence-electron chi connectivity index (χ0n) is 13.0. The second-order valence-electron chi connectivity index (χ2n) is 5.85. The number of carbonyl (C=O) groups is 1. The van der Waals surface area contributed by atoms with E-state index >= 15 is 0 Å². The van der Waals surface area contributed by atoms with E-state index in [4.69, 9.17) is 4.74 Å². The quantitative estimate of drug-likeness (QED) is 0.880. The summed E-state index contributed by atoms with van der Waals surface area (Å²) in [5.74, 6) is -0.0874. The highest BCUT2D eigenvalue weighted by atomic mass is 16.5. The van der Waals surface area contributed by atoms with Crippen LogP contribution in [-0.2, 0) is 16.9 Å². The molecule has 1 aromatic heterocycles. The van der Waals surface area contributed by atoms with Gasteiger partial charge in [0.05, 0.1) is 19.3 Å². The lowest BCUT2D eigenvalue weighted by atomic mass is 9.89. The molecular formula is C16H20N4O3. The number of ether oxygens (including phenoxy) is 1. The highest BCUT2D eigenvalue weighted by molar-refractivity contribution is 5.94. The number of likely N-dealkylation sites (tertiary alicyclic amines) is 1. The first-order valence-electron chi connectivity index (χ1n) is 7.58. The number of nitrogens with zero attached hydrogens (tertiary/aromatic N) is 3. The Morgan fingerprint density at radius 1 is 1.43 bits per heavy atom. The molecule has 1 saturated heterocycles. The molecule has 1 amide bonds. The molecular weight excluding hydrogens is 296 g/mol. The molecule has 2 aromatic rings. The minimum atomic E-state index is -1.14. The molecule has 3 rings (SSSR count). The Hall–Kier alpha value is -2.25. The second kappa shape index (κ2) is 6.47. The highest BCUT2D eigenvalue weighted by Gasteiger charge is 2.38. The van der Waals surface area contributed by atoms with Gasteiger partial charge in [-0.1, -0.05) is 12.1 Å². The summed E-state index contributed by atoms with van der Waals surface area (Å²) in [6.45, 7) is 1.36. The van der Waals surface area contributed by atoms with E-state index in [9.17, 15) is 9.90 Å². The van der Waals surface area contributed by atoms with Crippen molar-refractivity contribution in [2.75, 3.05) is 20.2 Å². The van der Waals surface area contributed by atoms with Gasteiger partial charge >= 0.3 is 0 Å². The van der Waals surface area contributed by atoms with Gasteiger partial charge in [-0.2, -0.15) is 15.4 Å². The molecule has 0 radical (unpaired) electrons. The van der Waals surface area contributed by atoms with Crippen LogP contribution < -0.4 is 0 Å². The van der Waals surface area contributed by atoms with E-state index < -0.39 is 5.60 Å². The number of aromatic amines is 1. The largest absolute Gasteiger partial charge is 0.382 e. The molecule has 0 aliphatic carbocycles. The van der Waals surface area contributed by atoms with Gasteiger partial charge in [-0.05, 0) is 30.5 Å². The van der Waals surface area contributed by atoms with E-state index in [0.717, 1.165) is 12.0 Å². The van der Waals surface area contributed by atoms with Crippen LogP contribution in [0.5, 0.6) is 0 Å². The van der Waals surface area contributed by atoms with E-state index in [0.29, 0.717) is 30.8 Å². The van der Waals surface area contributed by atoms with Crippen molar-refractivity contribution in [3.63, 3.8) is 0 Å². The minimum Gasteiger partial charge on any atom is -0.382 e. The molecule has 1 aromatic carbocycles. The van der Waals surface area contributed by atoms with Gasteiger partial charge in [-0.25, -0.2) is 0 Å². The number of nitrogens with one attached hydrogen (secondary N) is 1. The summed E-state index contributed by atoms with van der Waals surface area (Å²) in [5, 5.41) is 21.0. The normalized spacial score (nSPS) is 21.4. The summed E-state index contributed by atoms with van der Waals surface area (Å²) < 4.78 is 5.07. The van der Waals surface area contributed by atoms with Gasteiger partial charge in [0, 0.05) is 19.2 Å². The number of hydrogen-bond donors (Lipinski definition) is 2. The third-order valence-electron chi connectivity index (χ3n) is 4.16. The van der Waals surface area contributed by atoms with Crippen LogP contribution in [0.4, 0.5) is 0 Å². The van der Waals surface area contributed by atoms with Crippen LogP contribution in [0.1, 0.15) is 34.5 Å². The fourth-order valence-electron chi connectivity index (χ4n) is 2.94. The Balaban J connectivity index is 1.74. The van der Waals surface area contributed by atoms with Crippen LogP contribution in [0.15, 0.2) is 30.5 Å². The Morgan fingerprint density at radius 3 is 2.87 bits per heavy atom. The molecule has 2 N–H and O–H groups in total. The van der Waals surface area contributed by atoms with Gasteiger partial charge < -0.3 is 14.7 Å². The Bertz CT molecular complexity index is 656. The maximum atomic E-state index is 12.7. The number of amides is 1. The van der Waals surface area contributed by atoms with Crippen molar-refractivity contribution in [3.8, 4) is 0 Å². The number of aromatic nitrogens is 3. The molecule has 0 saturated carbocycles. The zero-order valence-corrected chi connectivity index (χ0v) is 13.0. The maximum Gasteiger partial charge on any atom is 0.253 e. The summed E-state index contributed by atoms with van der Waals surface area (Å²) in [5.41, 5.74) is 0.957. The van der Waals surface area contributed by atoms with E-state index in [2.05, 4.69) is 15.4 Å². The van der Waals surface area contributed by atoms with E-state index in [1.165, 1.54) is 6.20 Å².